The number of hydrogen-bond acceptors (Lipinski definition) is 3. The van der Waals surface area contributed by atoms with Crippen molar-refractivity contribution in [3.8, 4) is 0 Å². The van der Waals surface area contributed by atoms with Crippen molar-refractivity contribution in [2.45, 2.75) is 6.92 Å². The Hall–Kier alpha value is -1.32. The van der Waals surface area contributed by atoms with Crippen molar-refractivity contribution in [3.05, 3.63) is 45.5 Å². The summed E-state index contributed by atoms with van der Waals surface area (Å²) < 4.78 is 7.11. The van der Waals surface area contributed by atoms with Crippen LogP contribution >= 0.6 is 22.9 Å². The average molecular weight is 251 g/mol. The standard InChI is InChI=1S/C12H7ClO2S/c1-6-4-10-11(12(14)15-6)8-5-7(13)2-3-9(8)16-10/h2-5H,1H3. The van der Waals surface area contributed by atoms with Crippen LogP contribution in [0.5, 0.6) is 0 Å². The van der Waals surface area contributed by atoms with Gasteiger partial charge in [0.15, 0.2) is 0 Å². The highest BCUT2D eigenvalue weighted by Gasteiger charge is 2.10. The second kappa shape index (κ2) is 3.34. The molecule has 0 aliphatic rings. The summed E-state index contributed by atoms with van der Waals surface area (Å²) in [5.74, 6) is 0.634. The van der Waals surface area contributed by atoms with Crippen LogP contribution in [-0.2, 0) is 0 Å². The van der Waals surface area contributed by atoms with Crippen LogP contribution in [0.2, 0.25) is 5.02 Å². The number of aryl methyl sites for hydroxylation is 1. The number of hydrogen-bond donors (Lipinski definition) is 0. The lowest BCUT2D eigenvalue weighted by Gasteiger charge is -1.92. The highest BCUT2D eigenvalue weighted by atomic mass is 35.5. The van der Waals surface area contributed by atoms with Crippen LogP contribution in [-0.4, -0.2) is 0 Å². The Balaban J connectivity index is 2.63. The normalized spacial score (nSPS) is 11.4. The van der Waals surface area contributed by atoms with Gasteiger partial charge in [0.25, 0.3) is 0 Å². The highest BCUT2D eigenvalue weighted by molar-refractivity contribution is 7.25. The van der Waals surface area contributed by atoms with Crippen molar-refractivity contribution in [1.29, 1.82) is 0 Å². The Bertz CT molecular complexity index is 755. The van der Waals surface area contributed by atoms with E-state index in [4.69, 9.17) is 16.0 Å². The summed E-state index contributed by atoms with van der Waals surface area (Å²) in [7, 11) is 0. The molecule has 0 aliphatic carbocycles. The number of thiophene rings is 1. The minimum Gasteiger partial charge on any atom is -0.428 e. The zero-order chi connectivity index (χ0) is 11.3. The SMILES string of the molecule is Cc1cc2sc3ccc(Cl)cc3c2c(=O)o1. The van der Waals surface area contributed by atoms with Gasteiger partial charge in [0.1, 0.15) is 5.76 Å². The van der Waals surface area contributed by atoms with Gasteiger partial charge < -0.3 is 4.42 Å². The Kier molecular flexibility index (Phi) is 2.06. The number of halogens is 1. The molecule has 0 bridgehead atoms. The fourth-order valence-corrected chi connectivity index (χ4v) is 3.15. The van der Waals surface area contributed by atoms with Crippen molar-refractivity contribution in [1.82, 2.24) is 0 Å². The molecule has 2 heterocycles. The molecular formula is C12H7ClO2S. The molecule has 0 fully saturated rings. The van der Waals surface area contributed by atoms with E-state index >= 15 is 0 Å². The summed E-state index contributed by atoms with van der Waals surface area (Å²) in [6.07, 6.45) is 0. The first kappa shape index (κ1) is 9.87. The molecule has 0 unspecified atom stereocenters. The van der Waals surface area contributed by atoms with Gasteiger partial charge >= 0.3 is 5.63 Å². The van der Waals surface area contributed by atoms with Crippen LogP contribution in [0.3, 0.4) is 0 Å². The van der Waals surface area contributed by atoms with E-state index in [1.807, 2.05) is 24.3 Å². The molecule has 0 radical (unpaired) electrons. The van der Waals surface area contributed by atoms with E-state index in [9.17, 15) is 4.79 Å². The third-order valence-electron chi connectivity index (χ3n) is 2.47. The Morgan fingerprint density at radius 3 is 2.88 bits per heavy atom. The number of rotatable bonds is 0. The molecule has 3 rings (SSSR count). The Morgan fingerprint density at radius 2 is 2.06 bits per heavy atom. The van der Waals surface area contributed by atoms with Crippen molar-refractivity contribution in [2.75, 3.05) is 0 Å². The second-order valence-corrected chi connectivity index (χ2v) is 5.15. The van der Waals surface area contributed by atoms with Gasteiger partial charge in [-0.25, -0.2) is 4.79 Å². The summed E-state index contributed by atoms with van der Waals surface area (Å²) in [6, 6.07) is 7.45. The van der Waals surface area contributed by atoms with Crippen LogP contribution in [0.25, 0.3) is 20.2 Å². The molecule has 2 nitrogen and oxygen atoms in total. The van der Waals surface area contributed by atoms with Gasteiger partial charge in [-0.2, -0.15) is 0 Å². The van der Waals surface area contributed by atoms with Gasteiger partial charge in [0.2, 0.25) is 0 Å². The maximum absolute atomic E-state index is 11.8. The van der Waals surface area contributed by atoms with Gasteiger partial charge in [0, 0.05) is 19.8 Å². The van der Waals surface area contributed by atoms with Crippen molar-refractivity contribution < 1.29 is 4.42 Å². The Morgan fingerprint density at radius 1 is 1.25 bits per heavy atom. The first-order valence-electron chi connectivity index (χ1n) is 4.77. The first-order chi connectivity index (χ1) is 7.65. The maximum atomic E-state index is 11.8. The summed E-state index contributed by atoms with van der Waals surface area (Å²) in [6.45, 7) is 1.78. The monoisotopic (exact) mass is 250 g/mol. The topological polar surface area (TPSA) is 30.2 Å². The summed E-state index contributed by atoms with van der Waals surface area (Å²) >= 11 is 7.51. The van der Waals surface area contributed by atoms with Gasteiger partial charge in [-0.3, -0.25) is 0 Å². The highest BCUT2D eigenvalue weighted by Crippen LogP contribution is 2.33. The van der Waals surface area contributed by atoms with Crippen LogP contribution in [0, 0.1) is 6.92 Å². The van der Waals surface area contributed by atoms with E-state index in [2.05, 4.69) is 0 Å². The predicted octanol–water partition coefficient (Wildman–Crippen LogP) is 3.97. The van der Waals surface area contributed by atoms with Gasteiger partial charge in [-0.15, -0.1) is 11.3 Å². The van der Waals surface area contributed by atoms with Crippen molar-refractivity contribution in [2.24, 2.45) is 0 Å². The van der Waals surface area contributed by atoms with E-state index in [1.54, 1.807) is 18.3 Å². The molecule has 0 amide bonds. The fourth-order valence-electron chi connectivity index (χ4n) is 1.81. The minimum atomic E-state index is -0.288. The first-order valence-corrected chi connectivity index (χ1v) is 5.97. The number of benzene rings is 1. The molecule has 80 valence electrons. The molecule has 0 aliphatic heterocycles. The lowest BCUT2D eigenvalue weighted by Crippen LogP contribution is -1.98. The average Bonchev–Trinajstić information content (AvgIpc) is 2.54. The molecular weight excluding hydrogens is 244 g/mol. The molecule has 0 N–H and O–H groups in total. The largest absolute Gasteiger partial charge is 0.428 e. The molecule has 3 aromatic rings. The summed E-state index contributed by atoms with van der Waals surface area (Å²) in [5.41, 5.74) is -0.288. The van der Waals surface area contributed by atoms with Crippen LogP contribution < -0.4 is 5.63 Å². The van der Waals surface area contributed by atoms with Crippen LogP contribution in [0.1, 0.15) is 5.76 Å². The third-order valence-corrected chi connectivity index (χ3v) is 3.82. The Labute approximate surface area is 100 Å². The lowest BCUT2D eigenvalue weighted by atomic mass is 10.2. The molecule has 1 aromatic carbocycles. The second-order valence-electron chi connectivity index (χ2n) is 3.63. The van der Waals surface area contributed by atoms with E-state index in [-0.39, 0.29) is 5.63 Å². The molecule has 0 saturated heterocycles. The quantitative estimate of drug-likeness (QED) is 0.604. The predicted molar refractivity (Wildman–Crippen MR) is 67.6 cm³/mol. The zero-order valence-corrected chi connectivity index (χ0v) is 9.98. The summed E-state index contributed by atoms with van der Waals surface area (Å²) in [4.78, 5) is 11.8. The van der Waals surface area contributed by atoms with Gasteiger partial charge in [-0.05, 0) is 31.2 Å². The number of fused-ring (bicyclic) bond motifs is 3. The van der Waals surface area contributed by atoms with E-state index in [0.29, 0.717) is 16.2 Å². The smallest absolute Gasteiger partial charge is 0.345 e. The van der Waals surface area contributed by atoms with Crippen LogP contribution in [0.15, 0.2) is 33.5 Å². The summed E-state index contributed by atoms with van der Waals surface area (Å²) in [5, 5.41) is 2.14. The lowest BCUT2D eigenvalue weighted by molar-refractivity contribution is 0.489. The van der Waals surface area contributed by atoms with Crippen LogP contribution in [0.4, 0.5) is 0 Å². The van der Waals surface area contributed by atoms with Gasteiger partial charge in [0.05, 0.1) is 5.39 Å². The zero-order valence-electron chi connectivity index (χ0n) is 8.41. The minimum absolute atomic E-state index is 0.288. The van der Waals surface area contributed by atoms with Crippen molar-refractivity contribution >= 4 is 43.1 Å². The molecule has 2 aromatic heterocycles. The molecule has 0 atom stereocenters. The van der Waals surface area contributed by atoms with E-state index in [1.165, 1.54) is 0 Å². The fraction of sp³-hybridized carbons (Fsp3) is 0.0833. The molecule has 4 heteroatoms. The van der Waals surface area contributed by atoms with Gasteiger partial charge in [-0.1, -0.05) is 11.6 Å². The molecule has 16 heavy (non-hydrogen) atoms. The third kappa shape index (κ3) is 1.36. The maximum Gasteiger partial charge on any atom is 0.345 e. The van der Waals surface area contributed by atoms with E-state index < -0.39 is 0 Å². The molecule has 0 spiro atoms. The van der Waals surface area contributed by atoms with Crippen molar-refractivity contribution in [3.63, 3.8) is 0 Å². The van der Waals surface area contributed by atoms with E-state index in [0.717, 1.165) is 14.8 Å². The molecule has 0 saturated carbocycles.